The Labute approximate surface area is 259 Å². The van der Waals surface area contributed by atoms with Gasteiger partial charge >= 0.3 is 0 Å². The van der Waals surface area contributed by atoms with Gasteiger partial charge in [0, 0.05) is 11.3 Å². The summed E-state index contributed by atoms with van der Waals surface area (Å²) in [5, 5.41) is 3.06. The van der Waals surface area contributed by atoms with Crippen molar-refractivity contribution >= 4 is 22.9 Å². The molecule has 3 aromatic rings. The van der Waals surface area contributed by atoms with Crippen molar-refractivity contribution in [1.29, 1.82) is 0 Å². The molecule has 0 aliphatic heterocycles. The fourth-order valence-electron chi connectivity index (χ4n) is 5.35. The molecule has 0 saturated carbocycles. The Morgan fingerprint density at radius 1 is 0.833 bits per heavy atom. The quantitative estimate of drug-likeness (QED) is 0.111. The van der Waals surface area contributed by atoms with Gasteiger partial charge in [-0.1, -0.05) is 134 Å². The molecule has 42 heavy (non-hydrogen) atoms. The van der Waals surface area contributed by atoms with Crippen molar-refractivity contribution in [1.82, 2.24) is 0 Å². The lowest BCUT2D eigenvalue weighted by Gasteiger charge is -2.24. The van der Waals surface area contributed by atoms with Crippen LogP contribution in [-0.4, -0.2) is 12.5 Å². The summed E-state index contributed by atoms with van der Waals surface area (Å²) in [7, 11) is 0. The number of hydrogen-bond acceptors (Lipinski definition) is 3. The van der Waals surface area contributed by atoms with Crippen LogP contribution in [0.25, 0.3) is 0 Å². The van der Waals surface area contributed by atoms with E-state index in [1.807, 2.05) is 18.2 Å². The summed E-state index contributed by atoms with van der Waals surface area (Å²) in [6.45, 7) is 12.6. The van der Waals surface area contributed by atoms with Crippen LogP contribution in [0, 0.1) is 6.92 Å². The van der Waals surface area contributed by atoms with Gasteiger partial charge in [-0.3, -0.25) is 4.79 Å². The molecule has 0 atom stereocenters. The van der Waals surface area contributed by atoms with Crippen molar-refractivity contribution in [2.75, 3.05) is 11.9 Å². The third kappa shape index (κ3) is 12.7. The summed E-state index contributed by atoms with van der Waals surface area (Å²) in [4.78, 5) is 14.2. The molecule has 0 spiro atoms. The number of thiazole rings is 1. The van der Waals surface area contributed by atoms with Crippen molar-refractivity contribution < 1.29 is 14.1 Å². The molecular formula is C37H55N2O2S+. The highest BCUT2D eigenvalue weighted by Gasteiger charge is 2.20. The lowest BCUT2D eigenvalue weighted by Crippen LogP contribution is -2.30. The molecule has 0 saturated heterocycles. The van der Waals surface area contributed by atoms with Crippen LogP contribution in [0.5, 0.6) is 5.75 Å². The topological polar surface area (TPSA) is 42.2 Å². The van der Waals surface area contributed by atoms with Gasteiger partial charge in [0.2, 0.25) is 11.4 Å². The molecular weight excluding hydrogens is 536 g/mol. The van der Waals surface area contributed by atoms with Gasteiger partial charge in [0.25, 0.3) is 0 Å². The van der Waals surface area contributed by atoms with Gasteiger partial charge < -0.3 is 10.1 Å². The van der Waals surface area contributed by atoms with E-state index < -0.39 is 0 Å². The second kappa shape index (κ2) is 18.1. The summed E-state index contributed by atoms with van der Waals surface area (Å²) in [6, 6.07) is 14.4. The predicted molar refractivity (Wildman–Crippen MR) is 179 cm³/mol. The fourth-order valence-corrected chi connectivity index (χ4v) is 5.98. The SMILES string of the molecule is CCCCCCCCCCCCCCOc1ccc(CC(=O)Nc2ccc(C[n+]3csc(C)c3)cc2)cc1C(C)(C)C. The number of nitrogens with one attached hydrogen (secondary N) is 1. The van der Waals surface area contributed by atoms with Crippen LogP contribution in [0.15, 0.2) is 54.2 Å². The van der Waals surface area contributed by atoms with Gasteiger partial charge in [0.15, 0.2) is 12.7 Å². The van der Waals surface area contributed by atoms with E-state index in [1.54, 1.807) is 11.3 Å². The number of unbranched alkanes of at least 4 members (excludes halogenated alkanes) is 11. The summed E-state index contributed by atoms with van der Waals surface area (Å²) < 4.78 is 8.45. The zero-order valence-electron chi connectivity index (χ0n) is 27.0. The zero-order valence-corrected chi connectivity index (χ0v) is 27.8. The average Bonchev–Trinajstić information content (AvgIpc) is 3.36. The van der Waals surface area contributed by atoms with Crippen LogP contribution in [-0.2, 0) is 23.2 Å². The van der Waals surface area contributed by atoms with Crippen LogP contribution >= 0.6 is 11.3 Å². The molecule has 0 radical (unpaired) electrons. The average molecular weight is 592 g/mol. The van der Waals surface area contributed by atoms with E-state index in [4.69, 9.17) is 4.74 Å². The van der Waals surface area contributed by atoms with Crippen LogP contribution in [0.2, 0.25) is 0 Å². The monoisotopic (exact) mass is 591 g/mol. The zero-order chi connectivity index (χ0) is 30.2. The Morgan fingerprint density at radius 2 is 1.43 bits per heavy atom. The molecule has 230 valence electrons. The third-order valence-corrected chi connectivity index (χ3v) is 8.65. The van der Waals surface area contributed by atoms with E-state index in [2.05, 4.69) is 80.5 Å². The maximum Gasteiger partial charge on any atom is 0.228 e. The molecule has 1 aromatic heterocycles. The molecule has 1 heterocycles. The van der Waals surface area contributed by atoms with Gasteiger partial charge in [-0.15, -0.1) is 0 Å². The third-order valence-electron chi connectivity index (χ3n) is 7.80. The maximum absolute atomic E-state index is 12.9. The number of aromatic nitrogens is 1. The van der Waals surface area contributed by atoms with Crippen LogP contribution in [0.4, 0.5) is 5.69 Å². The molecule has 5 heteroatoms. The molecule has 4 nitrogen and oxygen atoms in total. The molecule has 0 bridgehead atoms. The van der Waals surface area contributed by atoms with Crippen molar-refractivity contribution in [3.05, 3.63) is 75.7 Å². The first-order valence-electron chi connectivity index (χ1n) is 16.3. The number of aryl methyl sites for hydroxylation is 1. The standard InChI is InChI=1S/C37H54N2O2S/c1-6-7-8-9-10-11-12-13-14-15-16-17-24-41-35-23-20-32(25-34(35)37(3,4)5)26-36(40)38-33-21-18-31(19-22-33)28-39-27-30(2)42-29-39/h18-23,25,27,29H,6-17,24,26,28H2,1-5H3/p+1. The van der Waals surface area contributed by atoms with E-state index in [1.165, 1.54) is 81.1 Å². The van der Waals surface area contributed by atoms with E-state index in [0.717, 1.165) is 42.1 Å². The smallest absolute Gasteiger partial charge is 0.228 e. The first kappa shape index (κ1) is 33.8. The van der Waals surface area contributed by atoms with Crippen molar-refractivity contribution in [3.63, 3.8) is 0 Å². The molecule has 0 aliphatic rings. The number of carbonyl (C=O) groups is 1. The molecule has 0 fully saturated rings. The summed E-state index contributed by atoms with van der Waals surface area (Å²) in [5.41, 5.74) is 6.28. The number of anilines is 1. The number of rotatable bonds is 19. The van der Waals surface area contributed by atoms with Crippen molar-refractivity contribution in [2.24, 2.45) is 0 Å². The Kier molecular flexibility index (Phi) is 14.6. The minimum Gasteiger partial charge on any atom is -0.493 e. The number of ether oxygens (including phenoxy) is 1. The summed E-state index contributed by atoms with van der Waals surface area (Å²) in [6.07, 6.45) is 18.6. The molecule has 2 aromatic carbocycles. The van der Waals surface area contributed by atoms with Gasteiger partial charge in [0.05, 0.1) is 17.9 Å². The highest BCUT2D eigenvalue weighted by molar-refractivity contribution is 7.09. The van der Waals surface area contributed by atoms with Crippen molar-refractivity contribution in [2.45, 2.75) is 130 Å². The highest BCUT2D eigenvalue weighted by Crippen LogP contribution is 2.32. The molecule has 1 N–H and O–H groups in total. The van der Waals surface area contributed by atoms with E-state index in [9.17, 15) is 4.79 Å². The Balaban J connectivity index is 1.39. The van der Waals surface area contributed by atoms with Gasteiger partial charge in [-0.05, 0) is 48.1 Å². The predicted octanol–water partition coefficient (Wildman–Crippen LogP) is 9.95. The van der Waals surface area contributed by atoms with E-state index >= 15 is 0 Å². The second-order valence-corrected chi connectivity index (χ2v) is 14.0. The molecule has 0 unspecified atom stereocenters. The second-order valence-electron chi connectivity index (χ2n) is 12.9. The molecule has 3 rings (SSSR count). The fraction of sp³-hybridized carbons (Fsp3) is 0.568. The molecule has 0 aliphatic carbocycles. The number of nitrogens with zero attached hydrogens (tertiary/aromatic N) is 1. The van der Waals surface area contributed by atoms with Crippen LogP contribution in [0.3, 0.4) is 0 Å². The lowest BCUT2D eigenvalue weighted by atomic mass is 9.85. The first-order valence-corrected chi connectivity index (χ1v) is 17.2. The number of carbonyl (C=O) groups excluding carboxylic acids is 1. The highest BCUT2D eigenvalue weighted by atomic mass is 32.1. The number of benzene rings is 2. The number of amides is 1. The first-order chi connectivity index (χ1) is 20.2. The Morgan fingerprint density at radius 3 is 2.00 bits per heavy atom. The number of hydrogen-bond donors (Lipinski definition) is 1. The van der Waals surface area contributed by atoms with Crippen LogP contribution < -0.4 is 14.6 Å². The van der Waals surface area contributed by atoms with Gasteiger partial charge in [-0.2, -0.15) is 4.57 Å². The van der Waals surface area contributed by atoms with Crippen LogP contribution in [0.1, 0.15) is 126 Å². The Bertz CT molecular complexity index is 1190. The normalized spacial score (nSPS) is 11.5. The maximum atomic E-state index is 12.9. The summed E-state index contributed by atoms with van der Waals surface area (Å²) in [5.74, 6) is 0.944. The Hall–Kier alpha value is -2.66. The summed E-state index contributed by atoms with van der Waals surface area (Å²) >= 11 is 1.75. The van der Waals surface area contributed by atoms with Gasteiger partial charge in [-0.25, -0.2) is 0 Å². The lowest BCUT2D eigenvalue weighted by molar-refractivity contribution is -0.683. The van der Waals surface area contributed by atoms with E-state index in [-0.39, 0.29) is 11.3 Å². The largest absolute Gasteiger partial charge is 0.493 e. The van der Waals surface area contributed by atoms with Crippen molar-refractivity contribution in [3.8, 4) is 5.75 Å². The minimum absolute atomic E-state index is 0.00407. The van der Waals surface area contributed by atoms with E-state index in [0.29, 0.717) is 6.42 Å². The van der Waals surface area contributed by atoms with Gasteiger partial charge in [0.1, 0.15) is 5.75 Å². The minimum atomic E-state index is -0.0623. The molecule has 1 amide bonds.